The van der Waals surface area contributed by atoms with Crippen molar-refractivity contribution in [3.63, 3.8) is 0 Å². The van der Waals surface area contributed by atoms with Gasteiger partial charge < -0.3 is 0 Å². The van der Waals surface area contributed by atoms with Gasteiger partial charge >= 0.3 is 6.36 Å². The van der Waals surface area contributed by atoms with Gasteiger partial charge in [0, 0.05) is 0 Å². The van der Waals surface area contributed by atoms with E-state index in [1.165, 1.54) is 0 Å². The molecular weight excluding hydrogens is 114 g/mol. The van der Waals surface area contributed by atoms with Crippen LogP contribution < -0.4 is 0 Å². The third kappa shape index (κ3) is 15.1. The number of halogens is 1. The van der Waals surface area contributed by atoms with E-state index in [2.05, 4.69) is 23.5 Å². The second kappa shape index (κ2) is 2.01. The van der Waals surface area contributed by atoms with Crippen molar-refractivity contribution < 1.29 is 4.57 Å². The summed E-state index contributed by atoms with van der Waals surface area (Å²) in [4.78, 5) is 0. The Bertz CT molecular complexity index is 31.0. The van der Waals surface area contributed by atoms with Gasteiger partial charge in [-0.2, -0.15) is 0 Å². The maximum atomic E-state index is 9.22. The van der Waals surface area contributed by atoms with Crippen molar-refractivity contribution in [3.8, 4) is 0 Å². The molecule has 0 saturated heterocycles. The van der Waals surface area contributed by atoms with Crippen LogP contribution in [0.5, 0.6) is 0 Å². The van der Waals surface area contributed by atoms with E-state index in [1.807, 2.05) is 0 Å². The lowest BCUT2D eigenvalue weighted by molar-refractivity contribution is 0.603. The summed E-state index contributed by atoms with van der Waals surface area (Å²) < 4.78 is 9.22. The number of rotatable bonds is 0. The fourth-order valence-electron chi connectivity index (χ4n) is 0. The van der Waals surface area contributed by atoms with Crippen LogP contribution in [0.1, 0.15) is 0 Å². The van der Waals surface area contributed by atoms with Crippen LogP contribution in [0.3, 0.4) is 0 Å². The Morgan fingerprint density at radius 3 is 2.00 bits per heavy atom. The van der Waals surface area contributed by atoms with Crippen LogP contribution >= 0.6 is 29.8 Å². The lowest BCUT2D eigenvalue weighted by Gasteiger charge is -1.27. The standard InChI is InChI=1S/ClOPS/c1-3(2)4/p+1. The largest absolute Gasteiger partial charge is 0.525 e. The molecule has 1 atom stereocenters. The molecule has 0 aliphatic rings. The van der Waals surface area contributed by atoms with E-state index < -0.39 is 6.36 Å². The maximum Gasteiger partial charge on any atom is 0.525 e. The molecule has 1 unspecified atom stereocenters. The monoisotopic (exact) mass is 115 g/mol. The second-order valence-electron chi connectivity index (χ2n) is 0.226. The van der Waals surface area contributed by atoms with E-state index in [1.54, 1.807) is 0 Å². The van der Waals surface area contributed by atoms with Crippen molar-refractivity contribution in [2.24, 2.45) is 0 Å². The average Bonchev–Trinajstić information content (AvgIpc) is 0.811. The van der Waals surface area contributed by atoms with Crippen molar-refractivity contribution in [2.45, 2.75) is 0 Å². The van der Waals surface area contributed by atoms with Crippen LogP contribution in [0.15, 0.2) is 0 Å². The molecule has 0 aliphatic carbocycles. The van der Waals surface area contributed by atoms with Gasteiger partial charge in [-0.1, -0.05) is 0 Å². The molecular formula is HClOPS+. The predicted molar refractivity (Wildman–Crippen MR) is 22.4 cm³/mol. The summed E-state index contributed by atoms with van der Waals surface area (Å²) in [5.74, 6) is 0. The van der Waals surface area contributed by atoms with Crippen LogP contribution in [-0.4, -0.2) is 0 Å². The molecule has 24 valence electrons. The van der Waals surface area contributed by atoms with Crippen molar-refractivity contribution in [2.75, 3.05) is 0 Å². The highest BCUT2D eigenvalue weighted by Gasteiger charge is 1.92. The Morgan fingerprint density at radius 2 is 2.00 bits per heavy atom. The molecule has 0 aromatic rings. The van der Waals surface area contributed by atoms with Crippen LogP contribution in [0.25, 0.3) is 0 Å². The molecule has 0 amide bonds. The summed E-state index contributed by atoms with van der Waals surface area (Å²) in [5.41, 5.74) is 0. The Balaban J connectivity index is 2.80. The molecule has 0 heterocycles. The van der Waals surface area contributed by atoms with Crippen LogP contribution in [-0.2, 0) is 4.57 Å². The second-order valence-corrected chi connectivity index (χ2v) is 3.40. The van der Waals surface area contributed by atoms with Gasteiger partial charge in [-0.3, -0.25) is 0 Å². The Morgan fingerprint density at radius 1 is 2.00 bits per heavy atom. The number of thiol groups is 1. The summed E-state index contributed by atoms with van der Waals surface area (Å²) in [7, 11) is 0. The summed E-state index contributed by atoms with van der Waals surface area (Å²) >= 11 is 7.89. The minimum absolute atomic E-state index is 1.70. The van der Waals surface area contributed by atoms with Gasteiger partial charge in [0.2, 0.25) is 11.2 Å². The lowest BCUT2D eigenvalue weighted by atomic mass is 16.0. The van der Waals surface area contributed by atoms with Crippen LogP contribution in [0.4, 0.5) is 0 Å². The first kappa shape index (κ1) is 4.74. The molecule has 0 spiro atoms. The van der Waals surface area contributed by atoms with E-state index >= 15 is 0 Å². The highest BCUT2D eigenvalue weighted by atomic mass is 35.7. The molecule has 0 rings (SSSR count). The number of hydrogen-bond donors (Lipinski definition) is 1. The fourth-order valence-corrected chi connectivity index (χ4v) is 0. The highest BCUT2D eigenvalue weighted by molar-refractivity contribution is 8.48. The molecule has 0 aliphatic heterocycles. The summed E-state index contributed by atoms with van der Waals surface area (Å²) in [5, 5.41) is 0. The molecule has 0 fully saturated rings. The molecule has 0 aromatic carbocycles. The first-order valence-corrected chi connectivity index (χ1v) is 3.87. The molecule has 0 N–H and O–H groups in total. The Labute approximate surface area is 35.1 Å². The molecule has 0 radical (unpaired) electrons. The molecule has 1 nitrogen and oxygen atoms in total. The highest BCUT2D eigenvalue weighted by Crippen LogP contribution is 2.30. The van der Waals surface area contributed by atoms with Gasteiger partial charge in [0.25, 0.3) is 0 Å². The molecule has 0 bridgehead atoms. The van der Waals surface area contributed by atoms with E-state index in [0.29, 0.717) is 0 Å². The topological polar surface area (TPSA) is 17.1 Å². The molecule has 0 saturated carbocycles. The molecule has 4 heteroatoms. The first-order valence-electron chi connectivity index (χ1n) is 0.552. The number of hydrogen-bond acceptors (Lipinski definition) is 1. The SMILES string of the molecule is O=[P+](S)Cl. The third-order valence-electron chi connectivity index (χ3n) is 0. The predicted octanol–water partition coefficient (Wildman–Crippen LogP) is 1.81. The van der Waals surface area contributed by atoms with E-state index in [9.17, 15) is 4.57 Å². The Hall–Kier alpha value is 0.740. The minimum Gasteiger partial charge on any atom is -0.0364 e. The summed E-state index contributed by atoms with van der Waals surface area (Å²) in [6.07, 6.45) is -1.70. The quantitative estimate of drug-likeness (QED) is 0.376. The minimum atomic E-state index is -1.70. The summed E-state index contributed by atoms with van der Waals surface area (Å²) in [6.45, 7) is 0. The smallest absolute Gasteiger partial charge is 0.0364 e. The van der Waals surface area contributed by atoms with E-state index in [0.717, 1.165) is 0 Å². The van der Waals surface area contributed by atoms with Crippen molar-refractivity contribution in [3.05, 3.63) is 0 Å². The van der Waals surface area contributed by atoms with Gasteiger partial charge in [-0.25, -0.2) is 0 Å². The van der Waals surface area contributed by atoms with Gasteiger partial charge in [0.1, 0.15) is 12.2 Å². The zero-order valence-corrected chi connectivity index (χ0v) is 4.23. The van der Waals surface area contributed by atoms with Crippen molar-refractivity contribution in [1.29, 1.82) is 0 Å². The third-order valence-corrected chi connectivity index (χ3v) is 0. The van der Waals surface area contributed by atoms with Crippen molar-refractivity contribution in [1.82, 2.24) is 0 Å². The zero-order chi connectivity index (χ0) is 3.58. The van der Waals surface area contributed by atoms with Crippen molar-refractivity contribution >= 4 is 29.8 Å². The van der Waals surface area contributed by atoms with Gasteiger partial charge in [-0.15, -0.1) is 0 Å². The first-order chi connectivity index (χ1) is 1.73. The van der Waals surface area contributed by atoms with Gasteiger partial charge in [-0.05, 0) is 4.57 Å². The fraction of sp³-hybridized carbons (Fsp3) is 0. The maximum absolute atomic E-state index is 9.22. The van der Waals surface area contributed by atoms with Crippen LogP contribution in [0.2, 0.25) is 0 Å². The normalized spacial score (nSPS) is 11.0. The summed E-state index contributed by atoms with van der Waals surface area (Å²) in [6, 6.07) is 0. The Kier molecular flexibility index (Phi) is 2.38. The lowest BCUT2D eigenvalue weighted by Crippen LogP contribution is -0.959. The van der Waals surface area contributed by atoms with E-state index in [-0.39, 0.29) is 0 Å². The molecule has 0 aromatic heterocycles. The van der Waals surface area contributed by atoms with E-state index in [4.69, 9.17) is 0 Å². The van der Waals surface area contributed by atoms with Crippen LogP contribution in [0, 0.1) is 0 Å². The average molecular weight is 116 g/mol. The van der Waals surface area contributed by atoms with Gasteiger partial charge in [0.15, 0.2) is 0 Å². The van der Waals surface area contributed by atoms with Gasteiger partial charge in [0.05, 0.1) is 0 Å². The zero-order valence-electron chi connectivity index (χ0n) is 1.68. The molecule has 4 heavy (non-hydrogen) atoms.